The van der Waals surface area contributed by atoms with Crippen LogP contribution in [-0.4, -0.2) is 30.3 Å². The Morgan fingerprint density at radius 1 is 1.11 bits per heavy atom. The molecule has 0 aliphatic rings. The highest BCUT2D eigenvalue weighted by molar-refractivity contribution is 5.68. The molecule has 0 saturated heterocycles. The number of ether oxygens (including phenoxy) is 2. The molecule has 0 radical (unpaired) electrons. The summed E-state index contributed by atoms with van der Waals surface area (Å²) in [7, 11) is 0. The summed E-state index contributed by atoms with van der Waals surface area (Å²) >= 11 is 0. The van der Waals surface area contributed by atoms with Gasteiger partial charge in [0.2, 0.25) is 0 Å². The molecule has 5 heteroatoms. The van der Waals surface area contributed by atoms with Crippen molar-refractivity contribution in [1.82, 2.24) is 5.32 Å². The lowest BCUT2D eigenvalue weighted by atomic mass is 9.87. The number of hydrogen-bond acceptors (Lipinski definition) is 4. The van der Waals surface area contributed by atoms with E-state index < -0.39 is 11.7 Å². The molecule has 0 aromatic carbocycles. The van der Waals surface area contributed by atoms with Gasteiger partial charge in [-0.05, 0) is 26.2 Å². The normalized spacial score (nSPS) is 13.7. The van der Waals surface area contributed by atoms with E-state index in [9.17, 15) is 9.59 Å². The molecule has 18 heavy (non-hydrogen) atoms. The number of carbonyl (C=O) groups is 2. The Bertz CT molecular complexity index is 299. The van der Waals surface area contributed by atoms with Crippen LogP contribution in [0.5, 0.6) is 0 Å². The maximum atomic E-state index is 11.7. The highest BCUT2D eigenvalue weighted by Crippen LogP contribution is 2.20. The second-order valence-electron chi connectivity index (χ2n) is 6.37. The van der Waals surface area contributed by atoms with Gasteiger partial charge in [-0.1, -0.05) is 20.8 Å². The van der Waals surface area contributed by atoms with Crippen molar-refractivity contribution < 1.29 is 19.1 Å². The highest BCUT2D eigenvalue weighted by atomic mass is 16.6. The molecule has 1 atom stereocenters. The van der Waals surface area contributed by atoms with Crippen molar-refractivity contribution in [2.45, 2.75) is 60.1 Å². The van der Waals surface area contributed by atoms with Gasteiger partial charge >= 0.3 is 12.1 Å². The summed E-state index contributed by atoms with van der Waals surface area (Å²) in [5.41, 5.74) is -0.777. The van der Waals surface area contributed by atoms with E-state index in [-0.39, 0.29) is 24.0 Å². The van der Waals surface area contributed by atoms with Crippen molar-refractivity contribution in [2.75, 3.05) is 6.61 Å². The Morgan fingerprint density at radius 2 is 1.61 bits per heavy atom. The van der Waals surface area contributed by atoms with Gasteiger partial charge < -0.3 is 14.8 Å². The minimum Gasteiger partial charge on any atom is -0.464 e. The minimum absolute atomic E-state index is 0.137. The number of rotatable bonds is 3. The van der Waals surface area contributed by atoms with Gasteiger partial charge in [-0.2, -0.15) is 0 Å². The number of alkyl carbamates (subject to hydrolysis) is 1. The second kappa shape index (κ2) is 6.07. The summed E-state index contributed by atoms with van der Waals surface area (Å²) in [5, 5.41) is 2.73. The van der Waals surface area contributed by atoms with Crippen LogP contribution < -0.4 is 5.32 Å². The van der Waals surface area contributed by atoms with Crippen LogP contribution in [0, 0.1) is 5.41 Å². The summed E-state index contributed by atoms with van der Waals surface area (Å²) in [6.07, 6.45) is -0.505. The fraction of sp³-hybridized carbons (Fsp3) is 0.846. The molecule has 0 saturated carbocycles. The average Bonchev–Trinajstić information content (AvgIpc) is 2.06. The van der Waals surface area contributed by atoms with Crippen LogP contribution in [0.1, 0.15) is 48.5 Å². The van der Waals surface area contributed by atoms with Crippen molar-refractivity contribution in [3.05, 3.63) is 0 Å². The molecule has 1 N–H and O–H groups in total. The van der Waals surface area contributed by atoms with Crippen molar-refractivity contribution in [3.63, 3.8) is 0 Å². The first-order valence-corrected chi connectivity index (χ1v) is 6.04. The molecule has 1 unspecified atom stereocenters. The monoisotopic (exact) mass is 259 g/mol. The molecule has 1 amide bonds. The summed E-state index contributed by atoms with van der Waals surface area (Å²) in [6, 6.07) is -0.295. The lowest BCUT2D eigenvalue weighted by Gasteiger charge is -2.31. The molecule has 5 nitrogen and oxygen atoms in total. The van der Waals surface area contributed by atoms with Gasteiger partial charge in [0, 0.05) is 6.92 Å². The maximum Gasteiger partial charge on any atom is 0.408 e. The molecular formula is C13H25NO4. The number of esters is 1. The third-order valence-electron chi connectivity index (χ3n) is 2.19. The van der Waals surface area contributed by atoms with Crippen LogP contribution in [-0.2, 0) is 14.3 Å². The van der Waals surface area contributed by atoms with Crippen LogP contribution in [0.15, 0.2) is 0 Å². The summed E-state index contributed by atoms with van der Waals surface area (Å²) in [5.74, 6) is -0.366. The Balaban J connectivity index is 4.51. The molecule has 0 aliphatic heterocycles. The van der Waals surface area contributed by atoms with Crippen LogP contribution in [0.25, 0.3) is 0 Å². The topological polar surface area (TPSA) is 64.6 Å². The third-order valence-corrected chi connectivity index (χ3v) is 2.19. The zero-order valence-electron chi connectivity index (χ0n) is 12.4. The zero-order valence-corrected chi connectivity index (χ0v) is 12.4. The molecule has 106 valence electrons. The first kappa shape index (κ1) is 16.7. The molecular weight excluding hydrogens is 234 g/mol. The predicted octanol–water partition coefficient (Wildman–Crippen LogP) is 2.49. The second-order valence-corrected chi connectivity index (χ2v) is 6.37. The fourth-order valence-electron chi connectivity index (χ4n) is 1.16. The highest BCUT2D eigenvalue weighted by Gasteiger charge is 2.29. The van der Waals surface area contributed by atoms with E-state index >= 15 is 0 Å². The molecule has 0 fully saturated rings. The minimum atomic E-state index is -0.548. The maximum absolute atomic E-state index is 11.7. The largest absolute Gasteiger partial charge is 0.464 e. The summed E-state index contributed by atoms with van der Waals surface area (Å²) < 4.78 is 10.1. The van der Waals surface area contributed by atoms with Crippen LogP contribution in [0.4, 0.5) is 4.79 Å². The molecule has 0 aromatic heterocycles. The standard InChI is InChI=1S/C13H25NO4/c1-9(15)17-8-10(12(2,3)4)14-11(16)18-13(5,6)7/h10H,8H2,1-7H3,(H,14,16). The van der Waals surface area contributed by atoms with Gasteiger partial charge in [-0.3, -0.25) is 4.79 Å². The van der Waals surface area contributed by atoms with E-state index in [0.717, 1.165) is 0 Å². The fourth-order valence-corrected chi connectivity index (χ4v) is 1.16. The van der Waals surface area contributed by atoms with Crippen molar-refractivity contribution in [1.29, 1.82) is 0 Å². The van der Waals surface area contributed by atoms with Crippen LogP contribution >= 0.6 is 0 Å². The Morgan fingerprint density at radius 3 is 1.94 bits per heavy atom. The lowest BCUT2D eigenvalue weighted by Crippen LogP contribution is -2.48. The first-order valence-electron chi connectivity index (χ1n) is 6.04. The van der Waals surface area contributed by atoms with E-state index in [4.69, 9.17) is 9.47 Å². The van der Waals surface area contributed by atoms with E-state index in [1.807, 2.05) is 20.8 Å². The molecule has 0 aliphatic carbocycles. The Kier molecular flexibility index (Phi) is 5.64. The quantitative estimate of drug-likeness (QED) is 0.791. The molecule has 0 spiro atoms. The summed E-state index contributed by atoms with van der Waals surface area (Å²) in [6.45, 7) is 12.7. The number of carbonyl (C=O) groups excluding carboxylic acids is 2. The smallest absolute Gasteiger partial charge is 0.408 e. The van der Waals surface area contributed by atoms with Gasteiger partial charge in [-0.25, -0.2) is 4.79 Å². The molecule has 0 rings (SSSR count). The molecule has 0 bridgehead atoms. The SMILES string of the molecule is CC(=O)OCC(NC(=O)OC(C)(C)C)C(C)(C)C. The van der Waals surface area contributed by atoms with E-state index in [1.165, 1.54) is 6.92 Å². The lowest BCUT2D eigenvalue weighted by molar-refractivity contribution is -0.142. The van der Waals surface area contributed by atoms with E-state index in [0.29, 0.717) is 0 Å². The number of amides is 1. The molecule has 0 heterocycles. The summed E-state index contributed by atoms with van der Waals surface area (Å²) in [4.78, 5) is 22.5. The van der Waals surface area contributed by atoms with Gasteiger partial charge in [0.15, 0.2) is 0 Å². The van der Waals surface area contributed by atoms with Crippen LogP contribution in [0.3, 0.4) is 0 Å². The van der Waals surface area contributed by atoms with E-state index in [1.54, 1.807) is 20.8 Å². The Labute approximate surface area is 109 Å². The third kappa shape index (κ3) is 7.92. The van der Waals surface area contributed by atoms with Crippen molar-refractivity contribution >= 4 is 12.1 Å². The van der Waals surface area contributed by atoms with Crippen LogP contribution in [0.2, 0.25) is 0 Å². The van der Waals surface area contributed by atoms with Gasteiger partial charge in [0.05, 0.1) is 6.04 Å². The predicted molar refractivity (Wildman–Crippen MR) is 69.2 cm³/mol. The van der Waals surface area contributed by atoms with Crippen molar-refractivity contribution in [2.24, 2.45) is 5.41 Å². The molecule has 0 aromatic rings. The number of hydrogen-bond donors (Lipinski definition) is 1. The zero-order chi connectivity index (χ0) is 14.6. The first-order chi connectivity index (χ1) is 7.92. The van der Waals surface area contributed by atoms with Gasteiger partial charge in [0.1, 0.15) is 12.2 Å². The van der Waals surface area contributed by atoms with Crippen molar-refractivity contribution in [3.8, 4) is 0 Å². The van der Waals surface area contributed by atoms with Gasteiger partial charge in [0.25, 0.3) is 0 Å². The Hall–Kier alpha value is -1.26. The van der Waals surface area contributed by atoms with E-state index in [2.05, 4.69) is 5.32 Å². The average molecular weight is 259 g/mol. The van der Waals surface area contributed by atoms with Gasteiger partial charge in [-0.15, -0.1) is 0 Å². The number of nitrogens with one attached hydrogen (secondary N) is 1.